The molecule has 0 spiro atoms. The van der Waals surface area contributed by atoms with Crippen LogP contribution in [0.2, 0.25) is 0 Å². The zero-order valence-electron chi connectivity index (χ0n) is 9.68. The minimum absolute atomic E-state index is 0.167. The van der Waals surface area contributed by atoms with Crippen LogP contribution in [0.25, 0.3) is 0 Å². The molecule has 18 heavy (non-hydrogen) atoms. The van der Waals surface area contributed by atoms with Gasteiger partial charge in [0.05, 0.1) is 16.4 Å². The first-order valence-corrected chi connectivity index (χ1v) is 8.46. The molecule has 2 rings (SSSR count). The van der Waals surface area contributed by atoms with Crippen molar-refractivity contribution in [3.8, 4) is 0 Å². The third-order valence-corrected chi connectivity index (χ3v) is 5.35. The van der Waals surface area contributed by atoms with Gasteiger partial charge < -0.3 is 0 Å². The first-order valence-electron chi connectivity index (χ1n) is 5.82. The maximum atomic E-state index is 12.1. The van der Waals surface area contributed by atoms with E-state index in [2.05, 4.69) is 15.9 Å². The van der Waals surface area contributed by atoms with Gasteiger partial charge in [-0.25, -0.2) is 0 Å². The molecule has 0 aliphatic heterocycles. The molecule has 3 nitrogen and oxygen atoms in total. The van der Waals surface area contributed by atoms with Gasteiger partial charge >= 0.3 is 0 Å². The van der Waals surface area contributed by atoms with E-state index in [-0.39, 0.29) is 10.3 Å². The van der Waals surface area contributed by atoms with Crippen LogP contribution in [0.5, 0.6) is 0 Å². The Bertz CT molecular complexity index is 501. The van der Waals surface area contributed by atoms with E-state index in [1.807, 2.05) is 0 Å². The fourth-order valence-corrected chi connectivity index (χ4v) is 3.77. The highest BCUT2D eigenvalue weighted by Crippen LogP contribution is 2.28. The predicted octanol–water partition coefficient (Wildman–Crippen LogP) is 3.70. The number of halogens is 2. The van der Waals surface area contributed by atoms with Crippen molar-refractivity contribution in [1.29, 1.82) is 0 Å². The Morgan fingerprint density at radius 3 is 2.39 bits per heavy atom. The minimum atomic E-state index is -3.71. The SMILES string of the molecule is O=S(=O)(OC1CCCCC1Cl)c1ccc(Br)cc1. The first-order chi connectivity index (χ1) is 8.49. The fraction of sp³-hybridized carbons (Fsp3) is 0.500. The van der Waals surface area contributed by atoms with E-state index in [1.165, 1.54) is 12.1 Å². The highest BCUT2D eigenvalue weighted by molar-refractivity contribution is 9.10. The lowest BCUT2D eigenvalue weighted by Gasteiger charge is -2.26. The van der Waals surface area contributed by atoms with Gasteiger partial charge in [0, 0.05) is 4.47 Å². The number of alkyl halides is 1. The molecule has 2 atom stereocenters. The fourth-order valence-electron chi connectivity index (χ4n) is 1.98. The van der Waals surface area contributed by atoms with E-state index >= 15 is 0 Å². The van der Waals surface area contributed by atoms with Crippen LogP contribution in [0.4, 0.5) is 0 Å². The van der Waals surface area contributed by atoms with E-state index < -0.39 is 16.2 Å². The van der Waals surface area contributed by atoms with Crippen LogP contribution < -0.4 is 0 Å². The normalized spacial score (nSPS) is 25.0. The van der Waals surface area contributed by atoms with Gasteiger partial charge in [-0.2, -0.15) is 8.42 Å². The molecule has 1 aromatic carbocycles. The second-order valence-electron chi connectivity index (χ2n) is 4.34. The molecule has 0 N–H and O–H groups in total. The lowest BCUT2D eigenvalue weighted by atomic mass is 9.97. The Kier molecular flexibility index (Phi) is 4.69. The zero-order valence-corrected chi connectivity index (χ0v) is 12.8. The second kappa shape index (κ2) is 5.90. The summed E-state index contributed by atoms with van der Waals surface area (Å²) >= 11 is 9.37. The van der Waals surface area contributed by atoms with E-state index in [1.54, 1.807) is 12.1 Å². The molecule has 6 heteroatoms. The molecule has 1 aliphatic rings. The van der Waals surface area contributed by atoms with Gasteiger partial charge in [-0.1, -0.05) is 28.8 Å². The number of benzene rings is 1. The van der Waals surface area contributed by atoms with Crippen LogP contribution in [-0.4, -0.2) is 19.9 Å². The molecular weight excluding hydrogens is 340 g/mol. The van der Waals surface area contributed by atoms with Crippen molar-refractivity contribution >= 4 is 37.6 Å². The summed E-state index contributed by atoms with van der Waals surface area (Å²) in [7, 11) is -3.71. The molecule has 1 aliphatic carbocycles. The Morgan fingerprint density at radius 2 is 1.78 bits per heavy atom. The molecule has 0 bridgehead atoms. The number of hydrogen-bond acceptors (Lipinski definition) is 3. The lowest BCUT2D eigenvalue weighted by Crippen LogP contribution is -2.30. The van der Waals surface area contributed by atoms with Gasteiger partial charge in [-0.15, -0.1) is 11.6 Å². The summed E-state index contributed by atoms with van der Waals surface area (Å²) in [5.74, 6) is 0. The Labute approximate surface area is 121 Å². The summed E-state index contributed by atoms with van der Waals surface area (Å²) in [5, 5.41) is -0.219. The summed E-state index contributed by atoms with van der Waals surface area (Å²) in [6.07, 6.45) is 3.09. The van der Waals surface area contributed by atoms with Gasteiger partial charge in [-0.05, 0) is 37.1 Å². The molecule has 0 amide bonds. The molecular formula is C12H14BrClO3S. The van der Waals surface area contributed by atoms with Gasteiger partial charge in [0.25, 0.3) is 10.1 Å². The van der Waals surface area contributed by atoms with Crippen LogP contribution >= 0.6 is 27.5 Å². The Balaban J connectivity index is 2.13. The third-order valence-electron chi connectivity index (χ3n) is 2.97. The van der Waals surface area contributed by atoms with Crippen molar-refractivity contribution in [3.05, 3.63) is 28.7 Å². The minimum Gasteiger partial charge on any atom is -0.261 e. The summed E-state index contributed by atoms with van der Waals surface area (Å²) in [6, 6.07) is 6.39. The molecule has 0 aromatic heterocycles. The topological polar surface area (TPSA) is 43.4 Å². The standard InChI is InChI=1S/C12H14BrClO3S/c13-9-5-7-10(8-6-9)18(15,16)17-12-4-2-1-3-11(12)14/h5-8,11-12H,1-4H2. The average Bonchev–Trinajstić information content (AvgIpc) is 2.32. The molecule has 0 saturated heterocycles. The predicted molar refractivity (Wildman–Crippen MR) is 74.3 cm³/mol. The summed E-state index contributed by atoms with van der Waals surface area (Å²) < 4.78 is 30.2. The zero-order chi connectivity index (χ0) is 13.2. The highest BCUT2D eigenvalue weighted by atomic mass is 79.9. The molecule has 2 unspecified atom stereocenters. The highest BCUT2D eigenvalue weighted by Gasteiger charge is 2.29. The first kappa shape index (κ1) is 14.3. The largest absolute Gasteiger partial charge is 0.297 e. The maximum absolute atomic E-state index is 12.1. The van der Waals surface area contributed by atoms with Crippen LogP contribution in [0.1, 0.15) is 25.7 Å². The van der Waals surface area contributed by atoms with E-state index in [4.69, 9.17) is 15.8 Å². The van der Waals surface area contributed by atoms with Gasteiger partial charge in [0.2, 0.25) is 0 Å². The molecule has 1 fully saturated rings. The van der Waals surface area contributed by atoms with Crippen LogP contribution in [-0.2, 0) is 14.3 Å². The van der Waals surface area contributed by atoms with Crippen molar-refractivity contribution in [2.75, 3.05) is 0 Å². The van der Waals surface area contributed by atoms with Gasteiger partial charge in [-0.3, -0.25) is 4.18 Å². The molecule has 100 valence electrons. The summed E-state index contributed by atoms with van der Waals surface area (Å²) in [5.41, 5.74) is 0. The van der Waals surface area contributed by atoms with Crippen LogP contribution in [0.3, 0.4) is 0 Å². The van der Waals surface area contributed by atoms with Crippen molar-refractivity contribution in [2.24, 2.45) is 0 Å². The van der Waals surface area contributed by atoms with Crippen molar-refractivity contribution in [2.45, 2.75) is 42.1 Å². The summed E-state index contributed by atoms with van der Waals surface area (Å²) in [6.45, 7) is 0. The van der Waals surface area contributed by atoms with Crippen LogP contribution in [0.15, 0.2) is 33.6 Å². The maximum Gasteiger partial charge on any atom is 0.297 e. The third kappa shape index (κ3) is 3.47. The van der Waals surface area contributed by atoms with Gasteiger partial charge in [0.15, 0.2) is 0 Å². The van der Waals surface area contributed by atoms with Crippen molar-refractivity contribution in [3.63, 3.8) is 0 Å². The van der Waals surface area contributed by atoms with E-state index in [9.17, 15) is 8.42 Å². The summed E-state index contributed by atoms with van der Waals surface area (Å²) in [4.78, 5) is 0.167. The van der Waals surface area contributed by atoms with E-state index in [0.717, 1.165) is 23.7 Å². The smallest absolute Gasteiger partial charge is 0.261 e. The Morgan fingerprint density at radius 1 is 1.17 bits per heavy atom. The van der Waals surface area contributed by atoms with Crippen molar-refractivity contribution < 1.29 is 12.6 Å². The monoisotopic (exact) mass is 352 g/mol. The molecule has 1 saturated carbocycles. The molecule has 0 radical (unpaired) electrons. The number of rotatable bonds is 3. The van der Waals surface area contributed by atoms with Crippen molar-refractivity contribution in [1.82, 2.24) is 0 Å². The van der Waals surface area contributed by atoms with Gasteiger partial charge in [0.1, 0.15) is 0 Å². The lowest BCUT2D eigenvalue weighted by molar-refractivity contribution is 0.166. The number of hydrogen-bond donors (Lipinski definition) is 0. The average molecular weight is 354 g/mol. The van der Waals surface area contributed by atoms with Crippen LogP contribution in [0, 0.1) is 0 Å². The van der Waals surface area contributed by atoms with E-state index in [0.29, 0.717) is 6.42 Å². The Hall–Kier alpha value is -0.100. The molecule has 1 aromatic rings. The quantitative estimate of drug-likeness (QED) is 0.614. The molecule has 0 heterocycles. The second-order valence-corrected chi connectivity index (χ2v) is 7.39.